The molecule has 4 nitrogen and oxygen atoms in total. The Morgan fingerprint density at radius 2 is 2.08 bits per heavy atom. The first-order valence-corrected chi connectivity index (χ1v) is 8.42. The van der Waals surface area contributed by atoms with Gasteiger partial charge in [-0.1, -0.05) is 18.2 Å². The lowest BCUT2D eigenvalue weighted by Gasteiger charge is -2.24. The van der Waals surface area contributed by atoms with E-state index in [2.05, 4.69) is 15.2 Å². The van der Waals surface area contributed by atoms with Crippen LogP contribution in [0.15, 0.2) is 36.4 Å². The molecule has 2 aromatic rings. The second-order valence-electron chi connectivity index (χ2n) is 6.30. The third kappa shape index (κ3) is 4.20. The molecule has 1 aliphatic rings. The van der Waals surface area contributed by atoms with Crippen LogP contribution in [0.25, 0.3) is 0 Å². The lowest BCUT2D eigenvalue weighted by Crippen LogP contribution is -2.25. The van der Waals surface area contributed by atoms with Gasteiger partial charge in [-0.2, -0.15) is 0 Å². The summed E-state index contributed by atoms with van der Waals surface area (Å²) in [5.74, 6) is -1.69. The van der Waals surface area contributed by atoms with Crippen LogP contribution in [-0.2, 0) is 17.9 Å². The fourth-order valence-corrected chi connectivity index (χ4v) is 3.24. The van der Waals surface area contributed by atoms with Gasteiger partial charge in [-0.15, -0.1) is 0 Å². The van der Waals surface area contributed by atoms with Gasteiger partial charge < -0.3 is 5.32 Å². The largest absolute Gasteiger partial charge is 0.351 e. The number of likely N-dealkylation sites (tertiary alicyclic amines) is 1. The zero-order chi connectivity index (χ0) is 17.8. The van der Waals surface area contributed by atoms with Crippen molar-refractivity contribution in [3.63, 3.8) is 0 Å². The molecule has 1 aromatic carbocycles. The molecule has 1 unspecified atom stereocenters. The van der Waals surface area contributed by atoms with E-state index in [1.807, 2.05) is 18.2 Å². The summed E-state index contributed by atoms with van der Waals surface area (Å²) < 4.78 is 27.4. The minimum Gasteiger partial charge on any atom is -0.351 e. The van der Waals surface area contributed by atoms with Crippen molar-refractivity contribution in [2.24, 2.45) is 0 Å². The van der Waals surface area contributed by atoms with E-state index in [1.54, 1.807) is 6.07 Å². The number of carbonyl (C=O) groups is 1. The number of amides is 1. The second kappa shape index (κ2) is 7.70. The zero-order valence-electron chi connectivity index (χ0n) is 14.1. The van der Waals surface area contributed by atoms with Crippen molar-refractivity contribution in [3.8, 4) is 0 Å². The summed E-state index contributed by atoms with van der Waals surface area (Å²) in [7, 11) is 0. The summed E-state index contributed by atoms with van der Waals surface area (Å²) in [6, 6.07) is 10.1. The molecule has 0 saturated carbocycles. The van der Waals surface area contributed by atoms with E-state index in [9.17, 15) is 13.6 Å². The molecule has 1 aliphatic heterocycles. The number of carbonyl (C=O) groups excluding carboxylic acids is 1. The lowest BCUT2D eigenvalue weighted by molar-refractivity contribution is -0.119. The summed E-state index contributed by atoms with van der Waals surface area (Å²) in [6.07, 6.45) is 1.91. The second-order valence-corrected chi connectivity index (χ2v) is 6.30. The first-order valence-electron chi connectivity index (χ1n) is 8.42. The molecule has 1 aromatic heterocycles. The fourth-order valence-electron chi connectivity index (χ4n) is 3.24. The van der Waals surface area contributed by atoms with E-state index in [0.29, 0.717) is 18.7 Å². The topological polar surface area (TPSA) is 45.2 Å². The summed E-state index contributed by atoms with van der Waals surface area (Å²) >= 11 is 0. The van der Waals surface area contributed by atoms with Crippen LogP contribution in [0.4, 0.5) is 8.78 Å². The molecule has 2 heterocycles. The third-order valence-electron chi connectivity index (χ3n) is 4.46. The molecule has 0 spiro atoms. The van der Waals surface area contributed by atoms with E-state index in [0.717, 1.165) is 36.8 Å². The smallest absolute Gasteiger partial charge is 0.217 e. The third-order valence-corrected chi connectivity index (χ3v) is 4.46. The van der Waals surface area contributed by atoms with E-state index >= 15 is 0 Å². The van der Waals surface area contributed by atoms with Gasteiger partial charge in [-0.25, -0.2) is 8.78 Å². The Kier molecular flexibility index (Phi) is 5.38. The van der Waals surface area contributed by atoms with Crippen molar-refractivity contribution in [1.29, 1.82) is 0 Å². The summed E-state index contributed by atoms with van der Waals surface area (Å²) in [4.78, 5) is 17.8. The average Bonchev–Trinajstić information content (AvgIpc) is 3.06. The molecule has 25 heavy (non-hydrogen) atoms. The summed E-state index contributed by atoms with van der Waals surface area (Å²) in [5, 5.41) is 2.74. The molecule has 1 saturated heterocycles. The van der Waals surface area contributed by atoms with Gasteiger partial charge in [-0.3, -0.25) is 14.7 Å². The highest BCUT2D eigenvalue weighted by molar-refractivity contribution is 5.72. The maximum absolute atomic E-state index is 14.0. The molecule has 1 atom stereocenters. The molecule has 132 valence electrons. The molecular weight excluding hydrogens is 324 g/mol. The number of rotatable bonds is 5. The molecular formula is C19H21F2N3O. The predicted molar refractivity (Wildman–Crippen MR) is 90.5 cm³/mol. The number of nitrogens with zero attached hydrogens (tertiary/aromatic N) is 2. The van der Waals surface area contributed by atoms with Crippen LogP contribution in [-0.4, -0.2) is 22.3 Å². The van der Waals surface area contributed by atoms with Gasteiger partial charge in [0.1, 0.15) is 0 Å². The van der Waals surface area contributed by atoms with Crippen molar-refractivity contribution in [2.45, 2.75) is 38.9 Å². The minimum absolute atomic E-state index is 0.0694. The van der Waals surface area contributed by atoms with E-state index in [-0.39, 0.29) is 11.9 Å². The van der Waals surface area contributed by atoms with E-state index < -0.39 is 11.6 Å². The van der Waals surface area contributed by atoms with E-state index in [4.69, 9.17) is 0 Å². The Hall–Kier alpha value is -2.34. The van der Waals surface area contributed by atoms with Gasteiger partial charge in [0.15, 0.2) is 11.6 Å². The van der Waals surface area contributed by atoms with Crippen LogP contribution in [0.1, 0.15) is 42.8 Å². The predicted octanol–water partition coefficient (Wildman–Crippen LogP) is 3.33. The molecule has 1 amide bonds. The number of hydrogen-bond donors (Lipinski definition) is 1. The van der Waals surface area contributed by atoms with Crippen LogP contribution < -0.4 is 5.32 Å². The fraction of sp³-hybridized carbons (Fsp3) is 0.368. The highest BCUT2D eigenvalue weighted by atomic mass is 19.2. The van der Waals surface area contributed by atoms with Gasteiger partial charge >= 0.3 is 0 Å². The van der Waals surface area contributed by atoms with Crippen LogP contribution in [0.3, 0.4) is 0 Å². The SMILES string of the molecule is CC(=O)NCc1cccc(C2CCCN2Cc2cccc(F)c2F)n1. The number of nitrogens with one attached hydrogen (secondary N) is 1. The van der Waals surface area contributed by atoms with Crippen molar-refractivity contribution < 1.29 is 13.6 Å². The summed E-state index contributed by atoms with van der Waals surface area (Å²) in [5.41, 5.74) is 2.05. The first-order chi connectivity index (χ1) is 12.0. The van der Waals surface area contributed by atoms with Gasteiger partial charge in [-0.05, 0) is 37.6 Å². The van der Waals surface area contributed by atoms with Crippen LogP contribution >= 0.6 is 0 Å². The molecule has 1 N–H and O–H groups in total. The number of benzene rings is 1. The molecule has 0 aliphatic carbocycles. The van der Waals surface area contributed by atoms with Crippen molar-refractivity contribution in [2.75, 3.05) is 6.54 Å². The van der Waals surface area contributed by atoms with E-state index in [1.165, 1.54) is 13.0 Å². The van der Waals surface area contributed by atoms with Crippen molar-refractivity contribution in [3.05, 3.63) is 65.0 Å². The molecule has 6 heteroatoms. The molecule has 0 radical (unpaired) electrons. The van der Waals surface area contributed by atoms with Crippen LogP contribution in [0, 0.1) is 11.6 Å². The number of aromatic nitrogens is 1. The Labute approximate surface area is 145 Å². The van der Waals surface area contributed by atoms with Gasteiger partial charge in [0.05, 0.1) is 24.0 Å². The number of halogens is 2. The van der Waals surface area contributed by atoms with Gasteiger partial charge in [0.2, 0.25) is 5.91 Å². The Morgan fingerprint density at radius 1 is 1.28 bits per heavy atom. The number of hydrogen-bond acceptors (Lipinski definition) is 3. The Morgan fingerprint density at radius 3 is 2.88 bits per heavy atom. The molecule has 3 rings (SSSR count). The minimum atomic E-state index is -0.816. The normalized spacial score (nSPS) is 17.6. The van der Waals surface area contributed by atoms with Crippen LogP contribution in [0.5, 0.6) is 0 Å². The summed E-state index contributed by atoms with van der Waals surface area (Å²) in [6.45, 7) is 3.02. The van der Waals surface area contributed by atoms with Crippen molar-refractivity contribution in [1.82, 2.24) is 15.2 Å². The van der Waals surface area contributed by atoms with Gasteiger partial charge in [0.25, 0.3) is 0 Å². The van der Waals surface area contributed by atoms with Crippen molar-refractivity contribution >= 4 is 5.91 Å². The molecule has 1 fully saturated rings. The Balaban J connectivity index is 1.76. The average molecular weight is 345 g/mol. The zero-order valence-corrected chi connectivity index (χ0v) is 14.1. The maximum atomic E-state index is 14.0. The maximum Gasteiger partial charge on any atom is 0.217 e. The first kappa shape index (κ1) is 17.5. The molecule has 0 bridgehead atoms. The van der Waals surface area contributed by atoms with Gasteiger partial charge in [0, 0.05) is 19.0 Å². The Bertz CT molecular complexity index is 766. The quantitative estimate of drug-likeness (QED) is 0.904. The highest BCUT2D eigenvalue weighted by Gasteiger charge is 2.28. The standard InChI is InChI=1S/C19H21F2N3O/c1-13(25)22-11-15-6-3-8-17(23-15)18-9-4-10-24(18)12-14-5-2-7-16(20)19(14)21/h2-3,5-8,18H,4,9-12H2,1H3,(H,22,25). The highest BCUT2D eigenvalue weighted by Crippen LogP contribution is 2.32. The monoisotopic (exact) mass is 345 g/mol. The van der Waals surface area contributed by atoms with Crippen LogP contribution in [0.2, 0.25) is 0 Å². The number of pyridine rings is 1. The lowest BCUT2D eigenvalue weighted by atomic mass is 10.1.